The molecule has 0 amide bonds. The van der Waals surface area contributed by atoms with Gasteiger partial charge in [0, 0.05) is 0 Å². The van der Waals surface area contributed by atoms with Crippen LogP contribution < -0.4 is 0 Å². The number of hydrogen-bond acceptors (Lipinski definition) is 1. The molecule has 0 fully saturated rings. The van der Waals surface area contributed by atoms with Gasteiger partial charge in [-0.2, -0.15) is 0 Å². The van der Waals surface area contributed by atoms with Gasteiger partial charge in [-0.15, -0.1) is 0 Å². The molecule has 0 heterocycles. The van der Waals surface area contributed by atoms with Crippen molar-refractivity contribution in [3.63, 3.8) is 0 Å². The van der Waals surface area contributed by atoms with Crippen LogP contribution in [0, 0.1) is 24.7 Å². The van der Waals surface area contributed by atoms with Gasteiger partial charge in [0.1, 0.15) is 0 Å². The zero-order chi connectivity index (χ0) is 9.02. The van der Waals surface area contributed by atoms with E-state index in [1.807, 2.05) is 0 Å². The van der Waals surface area contributed by atoms with Crippen LogP contribution in [0.2, 0.25) is 0 Å². The Bertz CT molecular complexity index is 97.0. The summed E-state index contributed by atoms with van der Waals surface area (Å²) in [4.78, 5) is 0. The fraction of sp³-hybridized carbons (Fsp3) is 0.900. The molecule has 1 nitrogen and oxygen atoms in total. The molecule has 0 aliphatic rings. The van der Waals surface area contributed by atoms with Gasteiger partial charge >= 0.3 is 0 Å². The van der Waals surface area contributed by atoms with E-state index in [0.29, 0.717) is 11.8 Å². The molecule has 0 spiro atoms. The highest BCUT2D eigenvalue weighted by Gasteiger charge is 2.18. The molecule has 0 rings (SSSR count). The molecule has 0 aliphatic heterocycles. The fourth-order valence-corrected chi connectivity index (χ4v) is 1.10. The molecule has 0 aromatic heterocycles. The largest absolute Gasteiger partial charge is 0.393 e. The van der Waals surface area contributed by atoms with Gasteiger partial charge in [0.2, 0.25) is 0 Å². The number of rotatable bonds is 4. The van der Waals surface area contributed by atoms with Gasteiger partial charge in [0.05, 0.1) is 6.10 Å². The Hall–Kier alpha value is -0.0400. The lowest BCUT2D eigenvalue weighted by atomic mass is 9.88. The molecule has 1 N–H and O–H groups in total. The third kappa shape index (κ3) is 4.41. The lowest BCUT2D eigenvalue weighted by molar-refractivity contribution is 0.0853. The Morgan fingerprint density at radius 2 is 1.64 bits per heavy atom. The molecule has 0 bridgehead atoms. The first-order valence-electron chi connectivity index (χ1n) is 4.46. The van der Waals surface area contributed by atoms with E-state index in [-0.39, 0.29) is 12.0 Å². The van der Waals surface area contributed by atoms with E-state index in [2.05, 4.69) is 34.6 Å². The van der Waals surface area contributed by atoms with Gasteiger partial charge in [0.25, 0.3) is 0 Å². The second-order valence-electron chi connectivity index (χ2n) is 4.10. The molecule has 0 saturated heterocycles. The maximum absolute atomic E-state index is 9.60. The first-order chi connectivity index (χ1) is 4.95. The highest BCUT2D eigenvalue weighted by molar-refractivity contribution is 4.74. The van der Waals surface area contributed by atoms with Crippen LogP contribution in [-0.4, -0.2) is 11.2 Å². The van der Waals surface area contributed by atoms with Crippen molar-refractivity contribution in [1.29, 1.82) is 0 Å². The van der Waals surface area contributed by atoms with E-state index in [0.717, 1.165) is 6.42 Å². The van der Waals surface area contributed by atoms with Crippen molar-refractivity contribution in [2.75, 3.05) is 0 Å². The summed E-state index contributed by atoms with van der Waals surface area (Å²) in [5, 5.41) is 9.60. The maximum atomic E-state index is 9.60. The Morgan fingerprint density at radius 1 is 1.18 bits per heavy atom. The average Bonchev–Trinajstić information content (AvgIpc) is 1.84. The smallest absolute Gasteiger partial charge is 0.0573 e. The van der Waals surface area contributed by atoms with E-state index in [1.165, 1.54) is 0 Å². The number of aliphatic hydroxyl groups excluding tert-OH is 1. The highest BCUT2D eigenvalue weighted by atomic mass is 16.3. The van der Waals surface area contributed by atoms with Gasteiger partial charge in [-0.3, -0.25) is 0 Å². The first-order valence-corrected chi connectivity index (χ1v) is 4.46. The SMILES string of the molecule is [CH2]C(C(C)C)C(O)CC(C)C. The molecule has 2 unspecified atom stereocenters. The van der Waals surface area contributed by atoms with E-state index in [9.17, 15) is 5.11 Å². The second kappa shape index (κ2) is 4.76. The van der Waals surface area contributed by atoms with E-state index in [1.54, 1.807) is 0 Å². The molecular weight excluding hydrogens is 136 g/mol. The Labute approximate surface area is 70.8 Å². The van der Waals surface area contributed by atoms with Gasteiger partial charge < -0.3 is 5.11 Å². The Morgan fingerprint density at radius 3 is 1.91 bits per heavy atom. The summed E-state index contributed by atoms with van der Waals surface area (Å²) in [5.41, 5.74) is 0. The molecule has 1 radical (unpaired) electrons. The molecule has 2 atom stereocenters. The summed E-state index contributed by atoms with van der Waals surface area (Å²) in [6.07, 6.45) is 0.641. The number of hydrogen-bond donors (Lipinski definition) is 1. The van der Waals surface area contributed by atoms with E-state index >= 15 is 0 Å². The van der Waals surface area contributed by atoms with E-state index in [4.69, 9.17) is 0 Å². The zero-order valence-electron chi connectivity index (χ0n) is 8.17. The summed E-state index contributed by atoms with van der Waals surface area (Å²) in [7, 11) is 0. The maximum Gasteiger partial charge on any atom is 0.0573 e. The summed E-state index contributed by atoms with van der Waals surface area (Å²) in [5.74, 6) is 1.22. The third-order valence-corrected chi connectivity index (χ3v) is 2.06. The van der Waals surface area contributed by atoms with Crippen LogP contribution in [0.1, 0.15) is 34.1 Å². The van der Waals surface area contributed by atoms with Crippen LogP contribution in [0.25, 0.3) is 0 Å². The van der Waals surface area contributed by atoms with Gasteiger partial charge in [-0.25, -0.2) is 0 Å². The molecule has 0 saturated carbocycles. The van der Waals surface area contributed by atoms with E-state index < -0.39 is 0 Å². The van der Waals surface area contributed by atoms with Gasteiger partial charge in [-0.05, 0) is 31.1 Å². The Balaban J connectivity index is 3.73. The van der Waals surface area contributed by atoms with Crippen molar-refractivity contribution in [1.82, 2.24) is 0 Å². The van der Waals surface area contributed by atoms with Crippen LogP contribution in [0.4, 0.5) is 0 Å². The minimum absolute atomic E-state index is 0.178. The minimum Gasteiger partial charge on any atom is -0.393 e. The van der Waals surface area contributed by atoms with Crippen LogP contribution in [0.15, 0.2) is 0 Å². The van der Waals surface area contributed by atoms with Crippen molar-refractivity contribution in [2.45, 2.75) is 40.2 Å². The van der Waals surface area contributed by atoms with Crippen LogP contribution >= 0.6 is 0 Å². The molecule has 0 aromatic carbocycles. The monoisotopic (exact) mass is 157 g/mol. The lowest BCUT2D eigenvalue weighted by Gasteiger charge is -2.23. The predicted molar refractivity (Wildman–Crippen MR) is 49.1 cm³/mol. The predicted octanol–water partition coefficient (Wildman–Crippen LogP) is 2.50. The van der Waals surface area contributed by atoms with Crippen LogP contribution in [0.3, 0.4) is 0 Å². The van der Waals surface area contributed by atoms with Crippen molar-refractivity contribution in [3.05, 3.63) is 6.92 Å². The quantitative estimate of drug-likeness (QED) is 0.664. The molecule has 1 heteroatoms. The molecule has 0 aliphatic carbocycles. The second-order valence-corrected chi connectivity index (χ2v) is 4.10. The fourth-order valence-electron chi connectivity index (χ4n) is 1.10. The molecule has 67 valence electrons. The van der Waals surface area contributed by atoms with Crippen molar-refractivity contribution < 1.29 is 5.11 Å². The summed E-state index contributed by atoms with van der Waals surface area (Å²) in [6.45, 7) is 12.4. The molecule has 11 heavy (non-hydrogen) atoms. The normalized spacial score (nSPS) is 17.5. The first kappa shape index (κ1) is 11.0. The van der Waals surface area contributed by atoms with Crippen molar-refractivity contribution in [2.24, 2.45) is 17.8 Å². The van der Waals surface area contributed by atoms with Gasteiger partial charge in [0.15, 0.2) is 0 Å². The molecule has 0 aromatic rings. The standard InChI is InChI=1S/C10H21O/c1-7(2)6-10(11)9(5)8(3)4/h7-11H,5-6H2,1-4H3. The van der Waals surface area contributed by atoms with Gasteiger partial charge in [-0.1, -0.05) is 27.7 Å². The average molecular weight is 157 g/mol. The topological polar surface area (TPSA) is 20.2 Å². The van der Waals surface area contributed by atoms with Crippen molar-refractivity contribution in [3.8, 4) is 0 Å². The number of aliphatic hydroxyl groups is 1. The summed E-state index contributed by atoms with van der Waals surface area (Å²) >= 11 is 0. The van der Waals surface area contributed by atoms with Crippen LogP contribution in [0.5, 0.6) is 0 Å². The minimum atomic E-state index is -0.227. The molecular formula is C10H21O. The zero-order valence-corrected chi connectivity index (χ0v) is 8.17. The lowest BCUT2D eigenvalue weighted by Crippen LogP contribution is -2.24. The highest BCUT2D eigenvalue weighted by Crippen LogP contribution is 2.19. The van der Waals surface area contributed by atoms with Crippen LogP contribution in [-0.2, 0) is 0 Å². The van der Waals surface area contributed by atoms with Crippen molar-refractivity contribution >= 4 is 0 Å². The third-order valence-electron chi connectivity index (χ3n) is 2.06. The summed E-state index contributed by atoms with van der Waals surface area (Å²) < 4.78 is 0. The Kier molecular flexibility index (Phi) is 4.74. The summed E-state index contributed by atoms with van der Waals surface area (Å²) in [6, 6.07) is 0.